The van der Waals surface area contributed by atoms with Gasteiger partial charge in [0.25, 0.3) is 0 Å². The Kier molecular flexibility index (Phi) is 8.52. The molecule has 0 saturated carbocycles. The summed E-state index contributed by atoms with van der Waals surface area (Å²) in [4.78, 5) is 0. The van der Waals surface area contributed by atoms with E-state index in [1.807, 2.05) is 19.1 Å². The Labute approximate surface area is 124 Å². The van der Waals surface area contributed by atoms with Gasteiger partial charge >= 0.3 is 0 Å². The van der Waals surface area contributed by atoms with Gasteiger partial charge in [0, 0.05) is 11.6 Å². The van der Waals surface area contributed by atoms with E-state index in [0.717, 1.165) is 24.1 Å². The summed E-state index contributed by atoms with van der Waals surface area (Å²) in [6, 6.07) is 5.58. The fourth-order valence-corrected chi connectivity index (χ4v) is 2.67. The molecule has 114 valence electrons. The first kappa shape index (κ1) is 17.2. The molecule has 0 aliphatic heterocycles. The zero-order valence-corrected chi connectivity index (χ0v) is 13.3. The molecule has 1 N–H and O–H groups in total. The van der Waals surface area contributed by atoms with Crippen LogP contribution in [-0.4, -0.2) is 6.54 Å². The summed E-state index contributed by atoms with van der Waals surface area (Å²) in [6.07, 6.45) is 8.73. The van der Waals surface area contributed by atoms with Gasteiger partial charge in [0.1, 0.15) is 5.82 Å². The van der Waals surface area contributed by atoms with Crippen molar-refractivity contribution in [3.63, 3.8) is 0 Å². The highest BCUT2D eigenvalue weighted by Gasteiger charge is 2.14. The smallest absolute Gasteiger partial charge is 0.127 e. The molecule has 0 amide bonds. The summed E-state index contributed by atoms with van der Waals surface area (Å²) in [5, 5.41) is 3.43. The van der Waals surface area contributed by atoms with Gasteiger partial charge in [-0.05, 0) is 26.0 Å². The molecule has 0 bridgehead atoms. The molecule has 1 atom stereocenters. The molecule has 0 aliphatic carbocycles. The highest BCUT2D eigenvalue weighted by Crippen LogP contribution is 2.24. The van der Waals surface area contributed by atoms with Crippen LogP contribution in [0.3, 0.4) is 0 Å². The number of hydrogen-bond acceptors (Lipinski definition) is 1. The predicted octanol–water partition coefficient (Wildman–Crippen LogP) is 5.54. The van der Waals surface area contributed by atoms with E-state index in [1.165, 1.54) is 38.5 Å². The number of nitrogens with one attached hydrogen (secondary N) is 1. The van der Waals surface area contributed by atoms with Gasteiger partial charge in [0.15, 0.2) is 0 Å². The number of benzene rings is 1. The molecule has 1 unspecified atom stereocenters. The van der Waals surface area contributed by atoms with Crippen molar-refractivity contribution >= 4 is 0 Å². The van der Waals surface area contributed by atoms with Crippen LogP contribution in [-0.2, 0) is 0 Å². The SMILES string of the molecule is CCCCCCCCC(NCC)c1cc(C)ccc1F. The van der Waals surface area contributed by atoms with Crippen LogP contribution < -0.4 is 5.32 Å². The first-order valence-corrected chi connectivity index (χ1v) is 8.18. The number of unbranched alkanes of at least 4 members (excludes halogenated alkanes) is 5. The van der Waals surface area contributed by atoms with Crippen molar-refractivity contribution in [3.8, 4) is 0 Å². The summed E-state index contributed by atoms with van der Waals surface area (Å²) < 4.78 is 14.0. The maximum atomic E-state index is 14.0. The molecule has 20 heavy (non-hydrogen) atoms. The van der Waals surface area contributed by atoms with Crippen molar-refractivity contribution in [2.24, 2.45) is 0 Å². The third-order valence-electron chi connectivity index (χ3n) is 3.82. The molecule has 0 fully saturated rings. The minimum atomic E-state index is -0.0764. The lowest BCUT2D eigenvalue weighted by molar-refractivity contribution is 0.457. The van der Waals surface area contributed by atoms with Gasteiger partial charge < -0.3 is 5.32 Å². The summed E-state index contributed by atoms with van der Waals surface area (Å²) in [6.45, 7) is 7.23. The third-order valence-corrected chi connectivity index (χ3v) is 3.82. The van der Waals surface area contributed by atoms with Crippen molar-refractivity contribution in [1.29, 1.82) is 0 Å². The second-order valence-electron chi connectivity index (χ2n) is 5.69. The number of aryl methyl sites for hydroxylation is 1. The second kappa shape index (κ2) is 9.93. The van der Waals surface area contributed by atoms with Crippen molar-refractivity contribution in [2.75, 3.05) is 6.54 Å². The molecule has 0 aromatic heterocycles. The van der Waals surface area contributed by atoms with Crippen LogP contribution in [0.4, 0.5) is 4.39 Å². The second-order valence-corrected chi connectivity index (χ2v) is 5.69. The zero-order chi connectivity index (χ0) is 14.8. The van der Waals surface area contributed by atoms with E-state index < -0.39 is 0 Å². The van der Waals surface area contributed by atoms with Gasteiger partial charge in [-0.15, -0.1) is 0 Å². The van der Waals surface area contributed by atoms with E-state index in [-0.39, 0.29) is 11.9 Å². The van der Waals surface area contributed by atoms with Crippen LogP contribution in [0.5, 0.6) is 0 Å². The Hall–Kier alpha value is -0.890. The largest absolute Gasteiger partial charge is 0.310 e. The molecule has 1 nitrogen and oxygen atoms in total. The van der Waals surface area contributed by atoms with E-state index in [1.54, 1.807) is 6.07 Å². The topological polar surface area (TPSA) is 12.0 Å². The fourth-order valence-electron chi connectivity index (χ4n) is 2.67. The molecule has 0 radical (unpaired) electrons. The van der Waals surface area contributed by atoms with Crippen LogP contribution in [0.15, 0.2) is 18.2 Å². The van der Waals surface area contributed by atoms with Crippen LogP contribution in [0.1, 0.15) is 76.0 Å². The number of rotatable bonds is 10. The lowest BCUT2D eigenvalue weighted by atomic mass is 9.97. The van der Waals surface area contributed by atoms with Gasteiger partial charge in [-0.3, -0.25) is 0 Å². The molecule has 0 aliphatic rings. The monoisotopic (exact) mass is 279 g/mol. The van der Waals surface area contributed by atoms with Crippen molar-refractivity contribution in [3.05, 3.63) is 35.1 Å². The van der Waals surface area contributed by atoms with Crippen LogP contribution >= 0.6 is 0 Å². The maximum Gasteiger partial charge on any atom is 0.127 e. The highest BCUT2D eigenvalue weighted by atomic mass is 19.1. The number of halogens is 1. The van der Waals surface area contributed by atoms with Crippen LogP contribution in [0.25, 0.3) is 0 Å². The Balaban J connectivity index is 2.49. The van der Waals surface area contributed by atoms with Gasteiger partial charge in [0.05, 0.1) is 0 Å². The van der Waals surface area contributed by atoms with Crippen molar-refractivity contribution in [2.45, 2.75) is 71.8 Å². The lowest BCUT2D eigenvalue weighted by Gasteiger charge is -2.19. The van der Waals surface area contributed by atoms with Crippen molar-refractivity contribution < 1.29 is 4.39 Å². The van der Waals surface area contributed by atoms with Crippen molar-refractivity contribution in [1.82, 2.24) is 5.32 Å². The molecule has 0 heterocycles. The van der Waals surface area contributed by atoms with E-state index in [9.17, 15) is 4.39 Å². The first-order chi connectivity index (χ1) is 9.69. The van der Waals surface area contributed by atoms with Gasteiger partial charge in [-0.25, -0.2) is 4.39 Å². The molecular formula is C18H30FN. The van der Waals surface area contributed by atoms with E-state index in [2.05, 4.69) is 19.2 Å². The summed E-state index contributed by atoms with van der Waals surface area (Å²) in [5.41, 5.74) is 1.97. The summed E-state index contributed by atoms with van der Waals surface area (Å²) in [7, 11) is 0. The highest BCUT2D eigenvalue weighted by molar-refractivity contribution is 5.26. The van der Waals surface area contributed by atoms with Gasteiger partial charge in [-0.2, -0.15) is 0 Å². The average molecular weight is 279 g/mol. The minimum Gasteiger partial charge on any atom is -0.310 e. The quantitative estimate of drug-likeness (QED) is 0.555. The maximum absolute atomic E-state index is 14.0. The Morgan fingerprint density at radius 2 is 1.75 bits per heavy atom. The third kappa shape index (κ3) is 6.04. The fraction of sp³-hybridized carbons (Fsp3) is 0.667. The summed E-state index contributed by atoms with van der Waals surface area (Å²) >= 11 is 0. The Morgan fingerprint density at radius 3 is 2.45 bits per heavy atom. The molecule has 1 aromatic rings. The normalized spacial score (nSPS) is 12.6. The lowest BCUT2D eigenvalue weighted by Crippen LogP contribution is -2.22. The number of hydrogen-bond donors (Lipinski definition) is 1. The average Bonchev–Trinajstić information content (AvgIpc) is 2.44. The first-order valence-electron chi connectivity index (χ1n) is 8.18. The van der Waals surface area contributed by atoms with E-state index in [0.29, 0.717) is 0 Å². The predicted molar refractivity (Wildman–Crippen MR) is 85.5 cm³/mol. The van der Waals surface area contributed by atoms with Crippen LogP contribution in [0.2, 0.25) is 0 Å². The Morgan fingerprint density at radius 1 is 1.05 bits per heavy atom. The molecule has 1 aromatic carbocycles. The van der Waals surface area contributed by atoms with Gasteiger partial charge in [0.2, 0.25) is 0 Å². The Bertz CT molecular complexity index is 376. The zero-order valence-electron chi connectivity index (χ0n) is 13.3. The standard InChI is InChI=1S/C18H30FN/c1-4-6-7-8-9-10-11-18(20-5-2)16-14-15(3)12-13-17(16)19/h12-14,18,20H,4-11H2,1-3H3. The van der Waals surface area contributed by atoms with Crippen LogP contribution in [0, 0.1) is 12.7 Å². The van der Waals surface area contributed by atoms with E-state index in [4.69, 9.17) is 0 Å². The molecule has 0 saturated heterocycles. The molecule has 0 spiro atoms. The van der Waals surface area contributed by atoms with Gasteiger partial charge in [-0.1, -0.05) is 70.1 Å². The molecule has 2 heteroatoms. The van der Waals surface area contributed by atoms with E-state index >= 15 is 0 Å². The minimum absolute atomic E-state index is 0.0764. The molecular weight excluding hydrogens is 249 g/mol. The molecule has 1 rings (SSSR count). The summed E-state index contributed by atoms with van der Waals surface area (Å²) in [5.74, 6) is -0.0764.